The molecule has 4 aliphatic rings. The number of esters is 1. The van der Waals surface area contributed by atoms with Crippen molar-refractivity contribution in [2.75, 3.05) is 6.61 Å². The van der Waals surface area contributed by atoms with Crippen LogP contribution >= 0.6 is 0 Å². The summed E-state index contributed by atoms with van der Waals surface area (Å²) in [6.07, 6.45) is -4.95. The second kappa shape index (κ2) is 8.23. The van der Waals surface area contributed by atoms with E-state index < -0.39 is 79.1 Å². The number of aliphatic hydroxyl groups is 5. The lowest BCUT2D eigenvalue weighted by atomic mass is 9.78. The minimum Gasteiger partial charge on any atom is -0.478 e. The smallest absolute Gasteiger partial charge is 0.337 e. The first-order valence-electron chi connectivity index (χ1n) is 9.98. The fourth-order valence-electron chi connectivity index (χ4n) is 4.46. The Hall–Kier alpha value is -2.32. The van der Waals surface area contributed by atoms with Crippen molar-refractivity contribution in [1.82, 2.24) is 0 Å². The number of carbonyl (C=O) groups is 2. The van der Waals surface area contributed by atoms with Crippen molar-refractivity contribution in [3.8, 4) is 0 Å². The molecule has 32 heavy (non-hydrogen) atoms. The van der Waals surface area contributed by atoms with Crippen molar-refractivity contribution in [1.29, 1.82) is 0 Å². The molecule has 12 heteroatoms. The third-order valence-corrected chi connectivity index (χ3v) is 6.15. The zero-order valence-corrected chi connectivity index (χ0v) is 16.8. The summed E-state index contributed by atoms with van der Waals surface area (Å²) >= 11 is 0. The summed E-state index contributed by atoms with van der Waals surface area (Å²) in [6, 6.07) is 0. The molecular weight excluding hydrogens is 432 g/mol. The standard InChI is InChI=1S/C20H24O12/c1-7(22)9-4-20(32-17(9)28)3-2-8-10(16(26)27)6-29-18(12(8)20)31-19-15(25)14(24)13(23)11(5-21)30-19/h2-4,6-8,11-15,18-19,21-25H,5H2,1H3,(H,26,27)/t7-,8+,11+,12+,13+,14-,15+,18-,19-,20+/m0/s1. The van der Waals surface area contributed by atoms with Gasteiger partial charge in [0, 0.05) is 5.92 Å². The van der Waals surface area contributed by atoms with E-state index in [1.165, 1.54) is 25.2 Å². The minimum atomic E-state index is -1.72. The molecule has 12 nitrogen and oxygen atoms in total. The van der Waals surface area contributed by atoms with Gasteiger partial charge in [-0.25, -0.2) is 9.59 Å². The lowest BCUT2D eigenvalue weighted by molar-refractivity contribution is -0.344. The van der Waals surface area contributed by atoms with Gasteiger partial charge in [-0.2, -0.15) is 0 Å². The van der Waals surface area contributed by atoms with E-state index >= 15 is 0 Å². The molecule has 0 unspecified atom stereocenters. The summed E-state index contributed by atoms with van der Waals surface area (Å²) in [5.41, 5.74) is -1.65. The first kappa shape index (κ1) is 22.9. The fourth-order valence-corrected chi connectivity index (χ4v) is 4.46. The third kappa shape index (κ3) is 3.53. The summed E-state index contributed by atoms with van der Waals surface area (Å²) in [5.74, 6) is -3.86. The number of fused-ring (bicyclic) bond motifs is 2. The Bertz CT molecular complexity index is 876. The van der Waals surface area contributed by atoms with Crippen LogP contribution in [-0.4, -0.2) is 97.9 Å². The predicted octanol–water partition coefficient (Wildman–Crippen LogP) is -2.47. The first-order chi connectivity index (χ1) is 15.1. The van der Waals surface area contributed by atoms with Crippen molar-refractivity contribution in [2.45, 2.75) is 55.6 Å². The maximum absolute atomic E-state index is 12.3. The van der Waals surface area contributed by atoms with Gasteiger partial charge in [0.05, 0.1) is 36.0 Å². The summed E-state index contributed by atoms with van der Waals surface area (Å²) in [5, 5.41) is 59.1. The highest BCUT2D eigenvalue weighted by molar-refractivity contribution is 5.93. The molecule has 3 aliphatic heterocycles. The molecule has 0 bridgehead atoms. The normalized spacial score (nSPS) is 43.9. The lowest BCUT2D eigenvalue weighted by Gasteiger charge is -2.44. The van der Waals surface area contributed by atoms with E-state index in [0.717, 1.165) is 6.26 Å². The summed E-state index contributed by atoms with van der Waals surface area (Å²) in [7, 11) is 0. The van der Waals surface area contributed by atoms with Crippen molar-refractivity contribution in [2.24, 2.45) is 11.8 Å². The molecule has 1 aliphatic carbocycles. The first-order valence-corrected chi connectivity index (χ1v) is 9.98. The molecule has 1 spiro atoms. The van der Waals surface area contributed by atoms with Gasteiger partial charge in [-0.15, -0.1) is 0 Å². The van der Waals surface area contributed by atoms with Crippen LogP contribution in [0.5, 0.6) is 0 Å². The highest BCUT2D eigenvalue weighted by Crippen LogP contribution is 2.50. The number of carbonyl (C=O) groups excluding carboxylic acids is 1. The highest BCUT2D eigenvalue weighted by Gasteiger charge is 2.59. The Morgan fingerprint density at radius 1 is 1.22 bits per heavy atom. The average molecular weight is 456 g/mol. The molecule has 4 rings (SSSR count). The third-order valence-electron chi connectivity index (χ3n) is 6.15. The van der Waals surface area contributed by atoms with E-state index in [9.17, 15) is 40.2 Å². The van der Waals surface area contributed by atoms with Gasteiger partial charge in [-0.3, -0.25) is 0 Å². The SMILES string of the molecule is C[C@H](O)C1=C[C@@]2(C=C[C@@H]3C(C(=O)O)=CO[C@@H](O[C@@H]4O[C@H](CO)[C@@H](O)[C@H](O)[C@H]4O)[C@@H]32)OC1=O. The van der Waals surface area contributed by atoms with E-state index in [0.29, 0.717) is 0 Å². The topological polar surface area (TPSA) is 192 Å². The maximum atomic E-state index is 12.3. The van der Waals surface area contributed by atoms with Gasteiger partial charge in [0.15, 0.2) is 11.9 Å². The molecule has 1 fully saturated rings. The molecule has 10 atom stereocenters. The van der Waals surface area contributed by atoms with E-state index in [1.54, 1.807) is 0 Å². The van der Waals surface area contributed by atoms with Crippen LogP contribution in [-0.2, 0) is 28.5 Å². The largest absolute Gasteiger partial charge is 0.478 e. The van der Waals surface area contributed by atoms with Crippen LogP contribution < -0.4 is 0 Å². The molecule has 0 amide bonds. The molecule has 0 aromatic rings. The van der Waals surface area contributed by atoms with Crippen molar-refractivity contribution in [3.63, 3.8) is 0 Å². The van der Waals surface area contributed by atoms with Gasteiger partial charge in [-0.05, 0) is 19.1 Å². The van der Waals surface area contributed by atoms with Gasteiger partial charge < -0.3 is 49.6 Å². The van der Waals surface area contributed by atoms with E-state index in [2.05, 4.69) is 0 Å². The molecule has 176 valence electrons. The molecule has 0 aromatic heterocycles. The number of carboxylic acids is 1. The molecule has 0 aromatic carbocycles. The zero-order valence-electron chi connectivity index (χ0n) is 16.8. The molecular formula is C20H24O12. The number of allylic oxidation sites excluding steroid dienone is 1. The number of hydrogen-bond acceptors (Lipinski definition) is 11. The Morgan fingerprint density at radius 3 is 2.53 bits per heavy atom. The zero-order chi connectivity index (χ0) is 23.4. The van der Waals surface area contributed by atoms with Crippen molar-refractivity contribution >= 4 is 11.9 Å². The van der Waals surface area contributed by atoms with Gasteiger partial charge in [0.25, 0.3) is 0 Å². The number of rotatable bonds is 5. The Balaban J connectivity index is 1.67. The number of hydrogen-bond donors (Lipinski definition) is 6. The molecule has 0 radical (unpaired) electrons. The monoisotopic (exact) mass is 456 g/mol. The van der Waals surface area contributed by atoms with Crippen LogP contribution in [0.25, 0.3) is 0 Å². The predicted molar refractivity (Wildman–Crippen MR) is 100 cm³/mol. The minimum absolute atomic E-state index is 0.0201. The molecule has 1 saturated heterocycles. The van der Waals surface area contributed by atoms with Crippen LogP contribution in [0.3, 0.4) is 0 Å². The summed E-state index contributed by atoms with van der Waals surface area (Å²) in [4.78, 5) is 24.0. The Kier molecular flexibility index (Phi) is 5.88. The highest BCUT2D eigenvalue weighted by atomic mass is 16.8. The Morgan fingerprint density at radius 2 is 1.94 bits per heavy atom. The number of ether oxygens (including phenoxy) is 4. The summed E-state index contributed by atoms with van der Waals surface area (Å²) in [6.45, 7) is 0.708. The maximum Gasteiger partial charge on any atom is 0.337 e. The van der Waals surface area contributed by atoms with Crippen LogP contribution in [0.1, 0.15) is 6.92 Å². The quantitative estimate of drug-likeness (QED) is 0.189. The van der Waals surface area contributed by atoms with E-state index in [1.807, 2.05) is 0 Å². The van der Waals surface area contributed by atoms with Crippen LogP contribution in [0, 0.1) is 11.8 Å². The van der Waals surface area contributed by atoms with Crippen LogP contribution in [0.15, 0.2) is 35.6 Å². The van der Waals surface area contributed by atoms with Crippen LogP contribution in [0.2, 0.25) is 0 Å². The number of carboxylic acid groups (broad SMARTS) is 1. The van der Waals surface area contributed by atoms with Gasteiger partial charge in [0.2, 0.25) is 6.29 Å². The molecule has 0 saturated carbocycles. The molecule has 6 N–H and O–H groups in total. The van der Waals surface area contributed by atoms with Gasteiger partial charge >= 0.3 is 11.9 Å². The van der Waals surface area contributed by atoms with Crippen LogP contribution in [0.4, 0.5) is 0 Å². The second-order valence-corrected chi connectivity index (χ2v) is 8.15. The average Bonchev–Trinajstić information content (AvgIpc) is 3.28. The Labute approximate surface area is 181 Å². The summed E-state index contributed by atoms with van der Waals surface area (Å²) < 4.78 is 22.1. The van der Waals surface area contributed by atoms with Gasteiger partial charge in [0.1, 0.15) is 24.4 Å². The second-order valence-electron chi connectivity index (χ2n) is 8.15. The van der Waals surface area contributed by atoms with Crippen molar-refractivity contribution in [3.05, 3.63) is 35.6 Å². The van der Waals surface area contributed by atoms with Gasteiger partial charge in [-0.1, -0.05) is 6.08 Å². The molecule has 3 heterocycles. The van der Waals surface area contributed by atoms with Crippen molar-refractivity contribution < 1.29 is 59.2 Å². The van der Waals surface area contributed by atoms with E-state index in [4.69, 9.17) is 18.9 Å². The van der Waals surface area contributed by atoms with E-state index in [-0.39, 0.29) is 11.1 Å². The number of aliphatic hydroxyl groups excluding tert-OH is 5. The lowest BCUT2D eigenvalue weighted by Crippen LogP contribution is -2.60. The number of aliphatic carboxylic acids is 1. The fraction of sp³-hybridized carbons (Fsp3) is 0.600.